The molecule has 8 nitrogen and oxygen atoms in total. The number of carbonyl (C=O) groups excluding carboxylic acids is 1. The van der Waals surface area contributed by atoms with Gasteiger partial charge in [-0.3, -0.25) is 4.79 Å². The van der Waals surface area contributed by atoms with Crippen LogP contribution in [-0.2, 0) is 17.8 Å². The normalized spacial score (nSPS) is 14.2. The van der Waals surface area contributed by atoms with Gasteiger partial charge in [-0.25, -0.2) is 0 Å². The molecule has 1 saturated carbocycles. The van der Waals surface area contributed by atoms with E-state index in [4.69, 9.17) is 4.52 Å². The number of rotatable bonds is 6. The van der Waals surface area contributed by atoms with Crippen LogP contribution in [0.15, 0.2) is 28.8 Å². The van der Waals surface area contributed by atoms with Crippen molar-refractivity contribution < 1.29 is 9.32 Å². The molecule has 1 fully saturated rings. The number of hydrogen-bond acceptors (Lipinski definition) is 6. The smallest absolute Gasteiger partial charge is 0.245 e. The molecule has 8 heteroatoms. The first-order valence-electron chi connectivity index (χ1n) is 8.05. The Morgan fingerprint density at radius 1 is 1.29 bits per heavy atom. The molecule has 0 radical (unpaired) electrons. The van der Waals surface area contributed by atoms with Gasteiger partial charge >= 0.3 is 0 Å². The van der Waals surface area contributed by atoms with E-state index in [-0.39, 0.29) is 12.5 Å². The fraction of sp³-hybridized carbons (Fsp3) is 0.438. The van der Waals surface area contributed by atoms with Crippen LogP contribution in [0.25, 0.3) is 11.0 Å². The highest BCUT2D eigenvalue weighted by Crippen LogP contribution is 2.38. The molecule has 2 aromatic heterocycles. The molecule has 0 N–H and O–H groups in total. The van der Waals surface area contributed by atoms with Crippen LogP contribution in [0, 0.1) is 0 Å². The van der Waals surface area contributed by atoms with Crippen LogP contribution < -0.4 is 0 Å². The molecule has 3 aromatic rings. The molecular formula is C16H18N6O2. The van der Waals surface area contributed by atoms with E-state index in [1.54, 1.807) is 11.9 Å². The van der Waals surface area contributed by atoms with E-state index in [2.05, 4.69) is 20.3 Å². The Bertz CT molecular complexity index is 833. The van der Waals surface area contributed by atoms with Gasteiger partial charge in [0.2, 0.25) is 11.8 Å². The zero-order valence-corrected chi connectivity index (χ0v) is 13.4. The zero-order chi connectivity index (χ0) is 16.5. The number of hydrogen-bond donors (Lipinski definition) is 0. The van der Waals surface area contributed by atoms with Crippen molar-refractivity contribution in [2.24, 2.45) is 0 Å². The summed E-state index contributed by atoms with van der Waals surface area (Å²) >= 11 is 0. The third-order valence-corrected chi connectivity index (χ3v) is 4.11. The molecule has 124 valence electrons. The first-order valence-corrected chi connectivity index (χ1v) is 8.05. The minimum Gasteiger partial charge on any atom is -0.344 e. The van der Waals surface area contributed by atoms with Crippen LogP contribution in [-0.4, -0.2) is 49.5 Å². The summed E-state index contributed by atoms with van der Waals surface area (Å²) in [7, 11) is 1.76. The Hall–Kier alpha value is -2.77. The first kappa shape index (κ1) is 14.8. The summed E-state index contributed by atoms with van der Waals surface area (Å²) in [4.78, 5) is 19.7. The van der Waals surface area contributed by atoms with E-state index in [1.165, 1.54) is 4.80 Å². The quantitative estimate of drug-likeness (QED) is 0.680. The lowest BCUT2D eigenvalue weighted by atomic mass is 10.3. The van der Waals surface area contributed by atoms with Crippen LogP contribution in [0.1, 0.15) is 30.5 Å². The third-order valence-electron chi connectivity index (χ3n) is 4.11. The zero-order valence-electron chi connectivity index (χ0n) is 13.4. The highest BCUT2D eigenvalue weighted by atomic mass is 16.5. The largest absolute Gasteiger partial charge is 0.344 e. The highest BCUT2D eigenvalue weighted by molar-refractivity contribution is 5.77. The maximum absolute atomic E-state index is 12.3. The van der Waals surface area contributed by atoms with E-state index in [0.717, 1.165) is 29.8 Å². The van der Waals surface area contributed by atoms with Crippen LogP contribution in [0.5, 0.6) is 0 Å². The van der Waals surface area contributed by atoms with E-state index in [0.29, 0.717) is 24.7 Å². The summed E-state index contributed by atoms with van der Waals surface area (Å²) in [5, 5.41) is 12.6. The van der Waals surface area contributed by atoms with Crippen molar-refractivity contribution in [2.45, 2.75) is 31.7 Å². The molecule has 0 unspecified atom stereocenters. The van der Waals surface area contributed by atoms with Gasteiger partial charge in [0.15, 0.2) is 5.82 Å². The summed E-state index contributed by atoms with van der Waals surface area (Å²) in [5.74, 6) is 1.78. The second-order valence-corrected chi connectivity index (χ2v) is 6.11. The van der Waals surface area contributed by atoms with Gasteiger partial charge in [-0.2, -0.15) is 20.0 Å². The lowest BCUT2D eigenvalue weighted by Gasteiger charge is -2.15. The summed E-state index contributed by atoms with van der Waals surface area (Å²) in [5.41, 5.74) is 1.57. The number of nitrogens with zero attached hydrogens (tertiary/aromatic N) is 6. The molecular weight excluding hydrogens is 308 g/mol. The molecule has 1 aliphatic carbocycles. The summed E-state index contributed by atoms with van der Waals surface area (Å²) in [6.45, 7) is 0.647. The maximum Gasteiger partial charge on any atom is 0.245 e. The van der Waals surface area contributed by atoms with Crippen molar-refractivity contribution in [3.05, 3.63) is 36.0 Å². The van der Waals surface area contributed by atoms with Gasteiger partial charge in [0.05, 0.1) is 0 Å². The van der Waals surface area contributed by atoms with Crippen molar-refractivity contribution in [2.75, 3.05) is 13.6 Å². The molecule has 4 rings (SSSR count). The number of likely N-dealkylation sites (N-methyl/N-ethyl adjacent to an activating group) is 1. The van der Waals surface area contributed by atoms with Crippen molar-refractivity contribution in [3.63, 3.8) is 0 Å². The predicted molar refractivity (Wildman–Crippen MR) is 85.1 cm³/mol. The SMILES string of the molecule is CN(CCc1noc(C2CC2)n1)C(=O)Cn1nc2ccccc2n1. The summed E-state index contributed by atoms with van der Waals surface area (Å²) in [6.07, 6.45) is 2.84. The van der Waals surface area contributed by atoms with Gasteiger partial charge < -0.3 is 9.42 Å². The molecule has 0 spiro atoms. The Labute approximate surface area is 138 Å². The van der Waals surface area contributed by atoms with Gasteiger partial charge in [-0.15, -0.1) is 0 Å². The Balaban J connectivity index is 1.33. The topological polar surface area (TPSA) is 89.9 Å². The summed E-state index contributed by atoms with van der Waals surface area (Å²) in [6, 6.07) is 7.55. The van der Waals surface area contributed by atoms with Crippen LogP contribution in [0.3, 0.4) is 0 Å². The van der Waals surface area contributed by atoms with E-state index in [1.807, 2.05) is 24.3 Å². The van der Waals surface area contributed by atoms with E-state index < -0.39 is 0 Å². The Morgan fingerprint density at radius 2 is 2.00 bits per heavy atom. The molecule has 1 aliphatic rings. The number of aromatic nitrogens is 5. The van der Waals surface area contributed by atoms with Crippen LogP contribution in [0.4, 0.5) is 0 Å². The average molecular weight is 326 g/mol. The fourth-order valence-corrected chi connectivity index (χ4v) is 2.47. The number of benzene rings is 1. The molecule has 0 bridgehead atoms. The molecule has 0 aliphatic heterocycles. The number of amides is 1. The first-order chi connectivity index (χ1) is 11.7. The molecule has 0 atom stereocenters. The van der Waals surface area contributed by atoms with Crippen molar-refractivity contribution >= 4 is 16.9 Å². The molecule has 24 heavy (non-hydrogen) atoms. The fourth-order valence-electron chi connectivity index (χ4n) is 2.47. The van der Waals surface area contributed by atoms with Gasteiger partial charge in [0.25, 0.3) is 0 Å². The van der Waals surface area contributed by atoms with E-state index in [9.17, 15) is 4.79 Å². The van der Waals surface area contributed by atoms with Gasteiger partial charge in [0, 0.05) is 25.9 Å². The highest BCUT2D eigenvalue weighted by Gasteiger charge is 2.29. The van der Waals surface area contributed by atoms with Gasteiger partial charge in [-0.1, -0.05) is 17.3 Å². The third kappa shape index (κ3) is 3.12. The standard InChI is InChI=1S/C16H18N6O2/c1-21(9-8-14-17-16(24-20-14)11-6-7-11)15(23)10-22-18-12-4-2-3-5-13(12)19-22/h2-5,11H,6-10H2,1H3. The lowest BCUT2D eigenvalue weighted by molar-refractivity contribution is -0.130. The predicted octanol–water partition coefficient (Wildman–Crippen LogP) is 1.39. The Kier molecular flexibility index (Phi) is 3.72. The van der Waals surface area contributed by atoms with Crippen molar-refractivity contribution in [3.8, 4) is 0 Å². The van der Waals surface area contributed by atoms with Gasteiger partial charge in [0.1, 0.15) is 17.6 Å². The molecule has 0 saturated heterocycles. The van der Waals surface area contributed by atoms with Gasteiger partial charge in [-0.05, 0) is 25.0 Å². The minimum atomic E-state index is -0.0544. The summed E-state index contributed by atoms with van der Waals surface area (Å²) < 4.78 is 5.22. The van der Waals surface area contributed by atoms with E-state index >= 15 is 0 Å². The number of fused-ring (bicyclic) bond motifs is 1. The molecule has 1 amide bonds. The number of carbonyl (C=O) groups is 1. The maximum atomic E-state index is 12.3. The Morgan fingerprint density at radius 3 is 2.67 bits per heavy atom. The second kappa shape index (κ2) is 6.03. The van der Waals surface area contributed by atoms with Crippen molar-refractivity contribution in [1.82, 2.24) is 30.0 Å². The average Bonchev–Trinajstić information content (AvgIpc) is 3.18. The minimum absolute atomic E-state index is 0.0544. The van der Waals surface area contributed by atoms with Crippen LogP contribution in [0.2, 0.25) is 0 Å². The van der Waals surface area contributed by atoms with Crippen LogP contribution >= 0.6 is 0 Å². The second-order valence-electron chi connectivity index (χ2n) is 6.11. The van der Waals surface area contributed by atoms with Crippen molar-refractivity contribution in [1.29, 1.82) is 0 Å². The monoisotopic (exact) mass is 326 g/mol. The molecule has 1 aromatic carbocycles. The lowest BCUT2D eigenvalue weighted by Crippen LogP contribution is -2.32. The molecule has 2 heterocycles.